The number of rotatable bonds is 7. The van der Waals surface area contributed by atoms with Crippen molar-refractivity contribution in [2.45, 2.75) is 25.6 Å². The first-order valence-electron chi connectivity index (χ1n) is 5.58. The second-order valence-electron chi connectivity index (χ2n) is 4.11. The van der Waals surface area contributed by atoms with Crippen LogP contribution in [0.2, 0.25) is 12.6 Å². The highest BCUT2D eigenvalue weighted by Gasteiger charge is 2.19. The van der Waals surface area contributed by atoms with Gasteiger partial charge >= 0.3 is 0 Å². The van der Waals surface area contributed by atoms with Crippen molar-refractivity contribution in [2.75, 3.05) is 6.61 Å². The predicted octanol–water partition coefficient (Wildman–Crippen LogP) is 4.05. The molecule has 0 aliphatic rings. The van der Waals surface area contributed by atoms with Crippen LogP contribution in [0.3, 0.4) is 0 Å². The summed E-state index contributed by atoms with van der Waals surface area (Å²) in [5.74, 6) is 0. The predicted molar refractivity (Wildman–Crippen MR) is 75.5 cm³/mol. The summed E-state index contributed by atoms with van der Waals surface area (Å²) >= 11 is 11.9. The molecule has 7 heteroatoms. The van der Waals surface area contributed by atoms with Crippen molar-refractivity contribution in [3.8, 4) is 0 Å². The summed E-state index contributed by atoms with van der Waals surface area (Å²) in [7, 11) is 0. The van der Waals surface area contributed by atoms with Gasteiger partial charge in [-0.1, -0.05) is 12.1 Å². The van der Waals surface area contributed by atoms with Crippen molar-refractivity contribution in [1.29, 1.82) is 0 Å². The van der Waals surface area contributed by atoms with Gasteiger partial charge in [0.05, 0.1) is 17.1 Å². The van der Waals surface area contributed by atoms with Crippen molar-refractivity contribution < 1.29 is 9.66 Å². The highest BCUT2D eigenvalue weighted by atomic mass is 35.7. The topological polar surface area (TPSA) is 52.4 Å². The molecule has 4 nitrogen and oxygen atoms in total. The quantitative estimate of drug-likeness (QED) is 0.251. The van der Waals surface area contributed by atoms with E-state index in [1.807, 2.05) is 6.55 Å². The Hall–Kier alpha value is -0.623. The van der Waals surface area contributed by atoms with E-state index in [-0.39, 0.29) is 12.3 Å². The first kappa shape index (κ1) is 15.4. The summed E-state index contributed by atoms with van der Waals surface area (Å²) in [6.07, 6.45) is 0.774. The molecule has 0 saturated carbocycles. The van der Waals surface area contributed by atoms with E-state index < -0.39 is 11.6 Å². The molecule has 0 aliphatic carbocycles. The van der Waals surface area contributed by atoms with Gasteiger partial charge in [-0.25, -0.2) is 0 Å². The first-order chi connectivity index (χ1) is 8.40. The summed E-state index contributed by atoms with van der Waals surface area (Å²) < 4.78 is 5.41. The zero-order valence-electron chi connectivity index (χ0n) is 10.1. The lowest BCUT2D eigenvalue weighted by molar-refractivity contribution is -0.385. The molecule has 18 heavy (non-hydrogen) atoms. The Morgan fingerprint density at radius 1 is 1.39 bits per heavy atom. The van der Waals surface area contributed by atoms with E-state index in [0.29, 0.717) is 12.2 Å². The maximum Gasteiger partial charge on any atom is 0.274 e. The van der Waals surface area contributed by atoms with Gasteiger partial charge in [0.1, 0.15) is 0 Å². The Morgan fingerprint density at radius 2 is 2.06 bits per heavy atom. The minimum absolute atomic E-state index is 0.0893. The molecule has 0 spiro atoms. The second-order valence-corrected chi connectivity index (χ2v) is 12.3. The zero-order chi connectivity index (χ0) is 13.6. The number of para-hydroxylation sites is 1. The van der Waals surface area contributed by atoms with Gasteiger partial charge in [-0.3, -0.25) is 10.1 Å². The third-order valence-corrected chi connectivity index (χ3v) is 4.72. The van der Waals surface area contributed by atoms with E-state index in [4.69, 9.17) is 26.9 Å². The van der Waals surface area contributed by atoms with E-state index in [1.54, 1.807) is 18.2 Å². The van der Waals surface area contributed by atoms with Crippen LogP contribution in [-0.2, 0) is 11.3 Å². The Balaban J connectivity index is 2.38. The van der Waals surface area contributed by atoms with Gasteiger partial charge < -0.3 is 4.74 Å². The van der Waals surface area contributed by atoms with Crippen molar-refractivity contribution in [2.24, 2.45) is 0 Å². The second kappa shape index (κ2) is 7.09. The molecule has 0 saturated heterocycles. The van der Waals surface area contributed by atoms with Gasteiger partial charge in [0, 0.05) is 12.7 Å². The van der Waals surface area contributed by atoms with Crippen LogP contribution in [0, 0.1) is 10.1 Å². The number of ether oxygens (including phenoxy) is 1. The number of nitro benzene ring substituents is 1. The molecule has 0 bridgehead atoms. The van der Waals surface area contributed by atoms with E-state index in [2.05, 4.69) is 0 Å². The van der Waals surface area contributed by atoms with Crippen molar-refractivity contribution in [3.63, 3.8) is 0 Å². The lowest BCUT2D eigenvalue weighted by Gasteiger charge is -2.09. The molecular weight excluding hydrogens is 293 g/mol. The summed E-state index contributed by atoms with van der Waals surface area (Å²) in [4.78, 5) is 10.4. The van der Waals surface area contributed by atoms with Crippen LogP contribution in [-0.4, -0.2) is 18.2 Å². The fourth-order valence-corrected chi connectivity index (χ4v) is 3.04. The SMILES string of the molecule is C[Si](Cl)(Cl)CCCOCc1ccccc1[N+](=O)[O-]. The molecule has 0 heterocycles. The Kier molecular flexibility index (Phi) is 6.08. The third kappa shape index (κ3) is 5.82. The number of nitro groups is 1. The molecule has 1 aromatic carbocycles. The van der Waals surface area contributed by atoms with Crippen LogP contribution in [0.25, 0.3) is 0 Å². The van der Waals surface area contributed by atoms with Crippen LogP contribution in [0.1, 0.15) is 12.0 Å². The van der Waals surface area contributed by atoms with Gasteiger partial charge in [-0.2, -0.15) is 0 Å². The van der Waals surface area contributed by atoms with Gasteiger partial charge in [-0.05, 0) is 25.1 Å². The highest BCUT2D eigenvalue weighted by molar-refractivity contribution is 7.44. The molecular formula is C11H15Cl2NO3Si. The van der Waals surface area contributed by atoms with Crippen LogP contribution >= 0.6 is 22.2 Å². The number of halogens is 2. The molecule has 0 radical (unpaired) electrons. The van der Waals surface area contributed by atoms with Crippen LogP contribution in [0.5, 0.6) is 0 Å². The van der Waals surface area contributed by atoms with Crippen LogP contribution in [0.4, 0.5) is 5.69 Å². The van der Waals surface area contributed by atoms with E-state index >= 15 is 0 Å². The van der Waals surface area contributed by atoms with Crippen molar-refractivity contribution in [1.82, 2.24) is 0 Å². The average Bonchev–Trinajstić information content (AvgIpc) is 2.27. The Morgan fingerprint density at radius 3 is 2.67 bits per heavy atom. The summed E-state index contributed by atoms with van der Waals surface area (Å²) in [6.45, 7) is 0.544. The Bertz CT molecular complexity index is 410. The zero-order valence-corrected chi connectivity index (χ0v) is 12.6. The average molecular weight is 308 g/mol. The molecule has 0 atom stereocenters. The first-order valence-corrected chi connectivity index (χ1v) is 10.3. The number of nitrogens with zero attached hydrogens (tertiary/aromatic N) is 1. The minimum atomic E-state index is -2.06. The number of hydrogen-bond acceptors (Lipinski definition) is 3. The monoisotopic (exact) mass is 307 g/mol. The summed E-state index contributed by atoms with van der Waals surface area (Å²) in [5, 5.41) is 10.8. The van der Waals surface area contributed by atoms with Gasteiger partial charge in [0.15, 0.2) is 0 Å². The van der Waals surface area contributed by atoms with Gasteiger partial charge in [-0.15, -0.1) is 22.2 Å². The standard InChI is InChI=1S/C11H15Cl2NO3Si/c1-18(12,13)8-4-7-17-9-10-5-2-3-6-11(10)14(15)16/h2-3,5-6H,4,7-9H2,1H3. The minimum Gasteiger partial charge on any atom is -0.377 e. The molecule has 0 N–H and O–H groups in total. The molecule has 1 aromatic rings. The van der Waals surface area contributed by atoms with Crippen LogP contribution < -0.4 is 0 Å². The third-order valence-electron chi connectivity index (χ3n) is 2.35. The molecule has 100 valence electrons. The molecule has 0 aliphatic heterocycles. The molecule has 0 aromatic heterocycles. The number of hydrogen-bond donors (Lipinski definition) is 0. The lowest BCUT2D eigenvalue weighted by atomic mass is 10.2. The molecule has 0 amide bonds. The lowest BCUT2D eigenvalue weighted by Crippen LogP contribution is -2.13. The number of benzene rings is 1. The molecule has 0 unspecified atom stereocenters. The maximum atomic E-state index is 10.8. The van der Waals surface area contributed by atoms with Crippen molar-refractivity contribution >= 4 is 34.5 Å². The summed E-state index contributed by atoms with van der Waals surface area (Å²) in [5.41, 5.74) is 0.672. The Labute approximate surface area is 116 Å². The maximum absolute atomic E-state index is 10.8. The highest BCUT2D eigenvalue weighted by Crippen LogP contribution is 2.22. The fraction of sp³-hybridized carbons (Fsp3) is 0.455. The van der Waals surface area contributed by atoms with E-state index in [0.717, 1.165) is 12.5 Å². The van der Waals surface area contributed by atoms with E-state index in [1.165, 1.54) is 6.07 Å². The van der Waals surface area contributed by atoms with Crippen LogP contribution in [0.15, 0.2) is 24.3 Å². The summed E-state index contributed by atoms with van der Waals surface area (Å²) in [6, 6.07) is 7.32. The smallest absolute Gasteiger partial charge is 0.274 e. The van der Waals surface area contributed by atoms with Gasteiger partial charge in [0.25, 0.3) is 5.69 Å². The van der Waals surface area contributed by atoms with Crippen molar-refractivity contribution in [3.05, 3.63) is 39.9 Å². The fourth-order valence-electron chi connectivity index (χ4n) is 1.48. The molecule has 0 fully saturated rings. The largest absolute Gasteiger partial charge is 0.377 e. The van der Waals surface area contributed by atoms with E-state index in [9.17, 15) is 10.1 Å². The molecule has 1 rings (SSSR count). The van der Waals surface area contributed by atoms with Gasteiger partial charge in [0.2, 0.25) is 6.69 Å². The normalized spacial score (nSPS) is 11.5.